The highest BCUT2D eigenvalue weighted by Gasteiger charge is 2.17. The van der Waals surface area contributed by atoms with Crippen LogP contribution in [-0.2, 0) is 0 Å². The average molecular weight is 466 g/mol. The standard InChI is InChI=1S/C22H20BrN5O2/c1-12-9-17(22(30)28-19-8-7-16(23)11-26-19)18(10-13(12)2)27-21(29)15-5-3-14(4-6-15)20(24)25/h3-11H,1-2H3,(H3,24,25)(H,27,29)(H,26,28,30). The lowest BCUT2D eigenvalue weighted by Gasteiger charge is -2.14. The number of nitrogen functional groups attached to an aromatic ring is 1. The van der Waals surface area contributed by atoms with Crippen molar-refractivity contribution in [1.29, 1.82) is 5.41 Å². The highest BCUT2D eigenvalue weighted by Crippen LogP contribution is 2.23. The maximum Gasteiger partial charge on any atom is 0.258 e. The first-order valence-corrected chi connectivity index (χ1v) is 9.84. The lowest BCUT2D eigenvalue weighted by Crippen LogP contribution is -2.19. The summed E-state index contributed by atoms with van der Waals surface area (Å²) in [5, 5.41) is 13.0. The molecule has 0 aliphatic carbocycles. The molecule has 3 rings (SSSR count). The van der Waals surface area contributed by atoms with Crippen LogP contribution < -0.4 is 16.4 Å². The Kier molecular flexibility index (Phi) is 6.27. The van der Waals surface area contributed by atoms with Gasteiger partial charge in [-0.3, -0.25) is 15.0 Å². The highest BCUT2D eigenvalue weighted by molar-refractivity contribution is 9.10. The normalized spacial score (nSPS) is 10.4. The average Bonchev–Trinajstić information content (AvgIpc) is 2.72. The summed E-state index contributed by atoms with van der Waals surface area (Å²) >= 11 is 3.31. The van der Waals surface area contributed by atoms with Crippen molar-refractivity contribution in [2.45, 2.75) is 13.8 Å². The van der Waals surface area contributed by atoms with Crippen LogP contribution in [0.4, 0.5) is 11.5 Å². The van der Waals surface area contributed by atoms with Crippen molar-refractivity contribution in [3.8, 4) is 0 Å². The molecule has 0 aliphatic rings. The Morgan fingerprint density at radius 3 is 2.17 bits per heavy atom. The summed E-state index contributed by atoms with van der Waals surface area (Å²) in [7, 11) is 0. The van der Waals surface area contributed by atoms with Gasteiger partial charge in [-0.2, -0.15) is 0 Å². The third-order valence-electron chi connectivity index (χ3n) is 4.55. The molecule has 2 amide bonds. The van der Waals surface area contributed by atoms with Crippen LogP contribution in [0.3, 0.4) is 0 Å². The van der Waals surface area contributed by atoms with Crippen molar-refractivity contribution in [3.63, 3.8) is 0 Å². The molecule has 0 spiro atoms. The Labute approximate surface area is 182 Å². The van der Waals surface area contributed by atoms with E-state index in [0.717, 1.165) is 15.6 Å². The maximum atomic E-state index is 12.9. The number of pyridine rings is 1. The number of amides is 2. The van der Waals surface area contributed by atoms with Gasteiger partial charge in [-0.15, -0.1) is 0 Å². The second kappa shape index (κ2) is 8.87. The summed E-state index contributed by atoms with van der Waals surface area (Å²) in [6, 6.07) is 13.3. The van der Waals surface area contributed by atoms with Crippen LogP contribution in [0.1, 0.15) is 37.4 Å². The molecule has 5 N–H and O–H groups in total. The van der Waals surface area contributed by atoms with Gasteiger partial charge in [-0.1, -0.05) is 12.1 Å². The lowest BCUT2D eigenvalue weighted by atomic mass is 10.0. The zero-order valence-electron chi connectivity index (χ0n) is 16.4. The Hall–Kier alpha value is -3.52. The van der Waals surface area contributed by atoms with Crippen LogP contribution in [0.25, 0.3) is 0 Å². The molecule has 8 heteroatoms. The van der Waals surface area contributed by atoms with Gasteiger partial charge in [0.2, 0.25) is 0 Å². The van der Waals surface area contributed by atoms with Crippen LogP contribution in [0.5, 0.6) is 0 Å². The number of aryl methyl sites for hydroxylation is 2. The lowest BCUT2D eigenvalue weighted by molar-refractivity contribution is 0.102. The summed E-state index contributed by atoms with van der Waals surface area (Å²) < 4.78 is 0.801. The summed E-state index contributed by atoms with van der Waals surface area (Å²) in [4.78, 5) is 29.7. The molecule has 0 aliphatic heterocycles. The number of rotatable bonds is 5. The van der Waals surface area contributed by atoms with Crippen LogP contribution in [-0.4, -0.2) is 22.6 Å². The molecule has 0 unspecified atom stereocenters. The monoisotopic (exact) mass is 465 g/mol. The van der Waals surface area contributed by atoms with Gasteiger partial charge in [0.15, 0.2) is 0 Å². The van der Waals surface area contributed by atoms with Crippen molar-refractivity contribution in [2.75, 3.05) is 10.6 Å². The fourth-order valence-corrected chi connectivity index (χ4v) is 2.97. The predicted octanol–water partition coefficient (Wildman–Crippen LogP) is 4.25. The number of carbonyl (C=O) groups excluding carboxylic acids is 2. The van der Waals surface area contributed by atoms with E-state index < -0.39 is 0 Å². The summed E-state index contributed by atoms with van der Waals surface area (Å²) in [5.74, 6) is -0.422. The fraction of sp³-hybridized carbons (Fsp3) is 0.0909. The number of amidine groups is 1. The first-order valence-electron chi connectivity index (χ1n) is 9.04. The quantitative estimate of drug-likeness (QED) is 0.332. The Balaban J connectivity index is 1.87. The van der Waals surface area contributed by atoms with Gasteiger partial charge >= 0.3 is 0 Å². The minimum absolute atomic E-state index is 0.0726. The van der Waals surface area contributed by atoms with Crippen molar-refractivity contribution >= 4 is 45.1 Å². The van der Waals surface area contributed by atoms with Crippen LogP contribution >= 0.6 is 15.9 Å². The van der Waals surface area contributed by atoms with Gasteiger partial charge in [0.25, 0.3) is 11.8 Å². The van der Waals surface area contributed by atoms with E-state index in [1.165, 1.54) is 0 Å². The van der Waals surface area contributed by atoms with Crippen LogP contribution in [0.15, 0.2) is 59.2 Å². The molecule has 0 bridgehead atoms. The molecule has 30 heavy (non-hydrogen) atoms. The van der Waals surface area contributed by atoms with Gasteiger partial charge in [0.05, 0.1) is 11.3 Å². The maximum absolute atomic E-state index is 12.9. The van der Waals surface area contributed by atoms with Crippen molar-refractivity contribution in [1.82, 2.24) is 4.98 Å². The van der Waals surface area contributed by atoms with E-state index in [1.807, 2.05) is 13.8 Å². The summed E-state index contributed by atoms with van der Waals surface area (Å²) in [6.45, 7) is 3.81. The second-order valence-electron chi connectivity index (χ2n) is 6.74. The number of nitrogens with two attached hydrogens (primary N) is 1. The molecule has 0 radical (unpaired) electrons. The Bertz CT molecular complexity index is 1130. The molecule has 0 atom stereocenters. The van der Waals surface area contributed by atoms with E-state index in [-0.39, 0.29) is 17.6 Å². The third kappa shape index (κ3) is 4.90. The molecule has 1 heterocycles. The first kappa shape index (κ1) is 21.2. The van der Waals surface area contributed by atoms with Crippen molar-refractivity contribution in [3.05, 3.63) is 87.0 Å². The van der Waals surface area contributed by atoms with Gasteiger partial charge in [0.1, 0.15) is 11.7 Å². The fourth-order valence-electron chi connectivity index (χ4n) is 2.74. The van der Waals surface area contributed by atoms with E-state index >= 15 is 0 Å². The minimum atomic E-state index is -0.379. The molecule has 152 valence electrons. The van der Waals surface area contributed by atoms with E-state index in [0.29, 0.717) is 28.2 Å². The molecular formula is C22H20BrN5O2. The van der Waals surface area contributed by atoms with Crippen LogP contribution in [0, 0.1) is 19.3 Å². The van der Waals surface area contributed by atoms with E-state index in [4.69, 9.17) is 11.1 Å². The molecule has 2 aromatic carbocycles. The zero-order chi connectivity index (χ0) is 21.8. The molecule has 3 aromatic rings. The molecule has 0 saturated carbocycles. The van der Waals surface area contributed by atoms with Gasteiger partial charge in [-0.25, -0.2) is 4.98 Å². The Morgan fingerprint density at radius 1 is 0.933 bits per heavy atom. The van der Waals surface area contributed by atoms with Crippen molar-refractivity contribution in [2.24, 2.45) is 5.73 Å². The number of benzene rings is 2. The molecule has 7 nitrogen and oxygen atoms in total. The summed E-state index contributed by atoms with van der Waals surface area (Å²) in [6.07, 6.45) is 1.59. The predicted molar refractivity (Wildman–Crippen MR) is 121 cm³/mol. The third-order valence-corrected chi connectivity index (χ3v) is 5.02. The second-order valence-corrected chi connectivity index (χ2v) is 7.66. The van der Waals surface area contributed by atoms with E-state index in [2.05, 4.69) is 31.5 Å². The minimum Gasteiger partial charge on any atom is -0.384 e. The molecule has 0 fully saturated rings. The molecular weight excluding hydrogens is 446 g/mol. The number of aromatic nitrogens is 1. The Morgan fingerprint density at radius 2 is 1.57 bits per heavy atom. The topological polar surface area (TPSA) is 121 Å². The number of halogens is 1. The number of carbonyl (C=O) groups is 2. The number of nitrogens with zero attached hydrogens (tertiary/aromatic N) is 1. The van der Waals surface area contributed by atoms with E-state index in [9.17, 15) is 9.59 Å². The smallest absolute Gasteiger partial charge is 0.258 e. The number of nitrogens with one attached hydrogen (secondary N) is 3. The first-order chi connectivity index (χ1) is 14.2. The highest BCUT2D eigenvalue weighted by atomic mass is 79.9. The van der Waals surface area contributed by atoms with Gasteiger partial charge in [-0.05, 0) is 77.3 Å². The van der Waals surface area contributed by atoms with Gasteiger partial charge < -0.3 is 16.4 Å². The summed E-state index contributed by atoms with van der Waals surface area (Å²) in [5.41, 5.74) is 8.96. The number of anilines is 2. The number of hydrogen-bond donors (Lipinski definition) is 4. The van der Waals surface area contributed by atoms with Crippen LogP contribution in [0.2, 0.25) is 0 Å². The van der Waals surface area contributed by atoms with Gasteiger partial charge in [0, 0.05) is 21.8 Å². The SMILES string of the molecule is Cc1cc(NC(=O)c2ccc(C(=N)N)cc2)c(C(=O)Nc2ccc(Br)cn2)cc1C. The number of hydrogen-bond acceptors (Lipinski definition) is 4. The largest absolute Gasteiger partial charge is 0.384 e. The molecule has 1 aromatic heterocycles. The molecule has 0 saturated heterocycles. The van der Waals surface area contributed by atoms with Crippen molar-refractivity contribution < 1.29 is 9.59 Å². The zero-order valence-corrected chi connectivity index (χ0v) is 18.0. The van der Waals surface area contributed by atoms with E-state index in [1.54, 1.807) is 54.7 Å².